The number of hydrogen-bond acceptors (Lipinski definition) is 2. The Morgan fingerprint density at radius 2 is 2.12 bits per heavy atom. The monoisotopic (exact) mass is 299 g/mol. The second-order valence-corrected chi connectivity index (χ2v) is 5.51. The minimum absolute atomic E-state index is 0.00486. The SMILES string of the molecule is Cc1cccc(C(=O)NCC(C)(C)CBr)c1O. The molecular formula is C13H18BrNO2. The zero-order chi connectivity index (χ0) is 13.1. The maximum atomic E-state index is 11.9. The molecule has 0 heterocycles. The predicted molar refractivity (Wildman–Crippen MR) is 72.8 cm³/mol. The molecule has 0 bridgehead atoms. The number of rotatable bonds is 4. The Balaban J connectivity index is 2.74. The van der Waals surface area contributed by atoms with E-state index in [0.717, 1.165) is 5.33 Å². The second-order valence-electron chi connectivity index (χ2n) is 4.95. The zero-order valence-corrected chi connectivity index (χ0v) is 12.0. The van der Waals surface area contributed by atoms with E-state index in [-0.39, 0.29) is 17.1 Å². The molecule has 0 atom stereocenters. The third-order valence-electron chi connectivity index (χ3n) is 2.57. The normalized spacial score (nSPS) is 11.3. The Kier molecular flexibility index (Phi) is 4.57. The molecule has 0 saturated heterocycles. The minimum Gasteiger partial charge on any atom is -0.507 e. The van der Waals surface area contributed by atoms with Crippen LogP contribution >= 0.6 is 15.9 Å². The van der Waals surface area contributed by atoms with Crippen molar-refractivity contribution in [1.29, 1.82) is 0 Å². The topological polar surface area (TPSA) is 49.3 Å². The number of alkyl halides is 1. The summed E-state index contributed by atoms with van der Waals surface area (Å²) in [7, 11) is 0. The lowest BCUT2D eigenvalue weighted by atomic mass is 9.96. The molecule has 4 heteroatoms. The first kappa shape index (κ1) is 14.0. The Hall–Kier alpha value is -1.03. The van der Waals surface area contributed by atoms with Crippen molar-refractivity contribution < 1.29 is 9.90 Å². The van der Waals surface area contributed by atoms with Crippen LogP contribution in [0.2, 0.25) is 0 Å². The minimum atomic E-state index is -0.236. The maximum Gasteiger partial charge on any atom is 0.255 e. The van der Waals surface area contributed by atoms with E-state index in [0.29, 0.717) is 17.7 Å². The van der Waals surface area contributed by atoms with Crippen LogP contribution in [0.15, 0.2) is 18.2 Å². The summed E-state index contributed by atoms with van der Waals surface area (Å²) in [4.78, 5) is 11.9. The highest BCUT2D eigenvalue weighted by molar-refractivity contribution is 9.09. The van der Waals surface area contributed by atoms with Crippen LogP contribution in [0.4, 0.5) is 0 Å². The molecule has 1 rings (SSSR count). The van der Waals surface area contributed by atoms with Crippen molar-refractivity contribution in [2.24, 2.45) is 5.41 Å². The summed E-state index contributed by atoms with van der Waals surface area (Å²) in [6.45, 7) is 6.44. The van der Waals surface area contributed by atoms with Gasteiger partial charge >= 0.3 is 0 Å². The van der Waals surface area contributed by atoms with Crippen molar-refractivity contribution >= 4 is 21.8 Å². The highest BCUT2D eigenvalue weighted by Gasteiger charge is 2.19. The number of phenolic OH excluding ortho intramolecular Hbond substituents is 1. The molecule has 1 amide bonds. The number of aryl methyl sites for hydroxylation is 1. The largest absolute Gasteiger partial charge is 0.507 e. The van der Waals surface area contributed by atoms with Crippen LogP contribution in [0, 0.1) is 12.3 Å². The van der Waals surface area contributed by atoms with Gasteiger partial charge in [0.2, 0.25) is 0 Å². The molecule has 0 saturated carbocycles. The van der Waals surface area contributed by atoms with E-state index in [9.17, 15) is 9.90 Å². The maximum absolute atomic E-state index is 11.9. The van der Waals surface area contributed by atoms with Crippen LogP contribution < -0.4 is 5.32 Å². The third kappa shape index (κ3) is 3.73. The number of halogens is 1. The Morgan fingerprint density at radius 3 is 2.71 bits per heavy atom. The molecular weight excluding hydrogens is 282 g/mol. The van der Waals surface area contributed by atoms with Gasteiger partial charge in [-0.15, -0.1) is 0 Å². The molecule has 0 aromatic heterocycles. The van der Waals surface area contributed by atoms with Gasteiger partial charge in [0.05, 0.1) is 5.56 Å². The summed E-state index contributed by atoms with van der Waals surface area (Å²) in [6.07, 6.45) is 0. The van der Waals surface area contributed by atoms with Crippen LogP contribution in [-0.2, 0) is 0 Å². The number of para-hydroxylation sites is 1. The first-order valence-corrected chi connectivity index (χ1v) is 6.62. The fraction of sp³-hybridized carbons (Fsp3) is 0.462. The van der Waals surface area contributed by atoms with E-state index >= 15 is 0 Å². The van der Waals surface area contributed by atoms with Crippen LogP contribution in [0.25, 0.3) is 0 Å². The molecule has 3 nitrogen and oxygen atoms in total. The van der Waals surface area contributed by atoms with Crippen LogP contribution in [0.5, 0.6) is 5.75 Å². The third-order valence-corrected chi connectivity index (χ3v) is 4.09. The van der Waals surface area contributed by atoms with Crippen molar-refractivity contribution in [2.45, 2.75) is 20.8 Å². The number of phenols is 1. The average molecular weight is 300 g/mol. The summed E-state index contributed by atoms with van der Waals surface area (Å²) in [6, 6.07) is 5.16. The quantitative estimate of drug-likeness (QED) is 0.840. The number of benzene rings is 1. The highest BCUT2D eigenvalue weighted by Crippen LogP contribution is 2.22. The van der Waals surface area contributed by atoms with Crippen molar-refractivity contribution in [3.8, 4) is 5.75 Å². The van der Waals surface area contributed by atoms with Crippen molar-refractivity contribution in [3.63, 3.8) is 0 Å². The summed E-state index contributed by atoms with van der Waals surface area (Å²) in [5.74, 6) is -0.179. The van der Waals surface area contributed by atoms with E-state index in [2.05, 4.69) is 35.1 Å². The Labute approximate surface area is 110 Å². The lowest BCUT2D eigenvalue weighted by molar-refractivity contribution is 0.0937. The predicted octanol–water partition coefficient (Wildman–Crippen LogP) is 2.85. The van der Waals surface area contributed by atoms with E-state index < -0.39 is 0 Å². The first-order valence-electron chi connectivity index (χ1n) is 5.50. The van der Waals surface area contributed by atoms with Gasteiger partial charge in [-0.2, -0.15) is 0 Å². The number of hydrogen-bond donors (Lipinski definition) is 2. The van der Waals surface area contributed by atoms with Crippen molar-refractivity contribution in [2.75, 3.05) is 11.9 Å². The molecule has 0 spiro atoms. The van der Waals surface area contributed by atoms with E-state index in [1.807, 2.05) is 0 Å². The second kappa shape index (κ2) is 5.54. The van der Waals surface area contributed by atoms with Gasteiger partial charge in [0.25, 0.3) is 5.91 Å². The summed E-state index contributed by atoms with van der Waals surface area (Å²) < 4.78 is 0. The molecule has 0 aliphatic rings. The van der Waals surface area contributed by atoms with Gasteiger partial charge in [-0.25, -0.2) is 0 Å². The first-order chi connectivity index (χ1) is 7.87. The fourth-order valence-electron chi connectivity index (χ4n) is 1.30. The van der Waals surface area contributed by atoms with Crippen molar-refractivity contribution in [3.05, 3.63) is 29.3 Å². The smallest absolute Gasteiger partial charge is 0.255 e. The number of amides is 1. The van der Waals surface area contributed by atoms with Crippen LogP contribution in [-0.4, -0.2) is 22.9 Å². The Morgan fingerprint density at radius 1 is 1.47 bits per heavy atom. The van der Waals surface area contributed by atoms with Gasteiger partial charge in [-0.1, -0.05) is 41.9 Å². The number of aromatic hydroxyl groups is 1. The lowest BCUT2D eigenvalue weighted by Gasteiger charge is -2.22. The molecule has 17 heavy (non-hydrogen) atoms. The van der Waals surface area contributed by atoms with Gasteiger partial charge in [0.1, 0.15) is 5.75 Å². The number of nitrogens with one attached hydrogen (secondary N) is 1. The Bertz CT molecular complexity index is 416. The lowest BCUT2D eigenvalue weighted by Crippen LogP contribution is -2.34. The number of carbonyl (C=O) groups is 1. The average Bonchev–Trinajstić information content (AvgIpc) is 2.30. The molecule has 0 fully saturated rings. The number of carbonyl (C=O) groups excluding carboxylic acids is 1. The van der Waals surface area contributed by atoms with E-state index in [1.54, 1.807) is 25.1 Å². The van der Waals surface area contributed by atoms with Gasteiger partial charge in [-0.05, 0) is 24.0 Å². The summed E-state index contributed by atoms with van der Waals surface area (Å²) in [5, 5.41) is 13.4. The van der Waals surface area contributed by atoms with E-state index in [4.69, 9.17) is 0 Å². The molecule has 94 valence electrons. The molecule has 1 aromatic rings. The zero-order valence-electron chi connectivity index (χ0n) is 10.4. The molecule has 0 aliphatic carbocycles. The van der Waals surface area contributed by atoms with E-state index in [1.165, 1.54) is 0 Å². The molecule has 1 aromatic carbocycles. The van der Waals surface area contributed by atoms with Crippen LogP contribution in [0.1, 0.15) is 29.8 Å². The highest BCUT2D eigenvalue weighted by atomic mass is 79.9. The molecule has 0 unspecified atom stereocenters. The van der Waals surface area contributed by atoms with Gasteiger partial charge in [0, 0.05) is 11.9 Å². The summed E-state index contributed by atoms with van der Waals surface area (Å²) in [5.41, 5.74) is 1.03. The van der Waals surface area contributed by atoms with Crippen molar-refractivity contribution in [1.82, 2.24) is 5.32 Å². The fourth-order valence-corrected chi connectivity index (χ4v) is 1.50. The molecule has 2 N–H and O–H groups in total. The summed E-state index contributed by atoms with van der Waals surface area (Å²) >= 11 is 3.40. The molecule has 0 aliphatic heterocycles. The van der Waals surface area contributed by atoms with Crippen LogP contribution in [0.3, 0.4) is 0 Å². The molecule has 0 radical (unpaired) electrons. The van der Waals surface area contributed by atoms with Gasteiger partial charge in [-0.3, -0.25) is 4.79 Å². The van der Waals surface area contributed by atoms with Gasteiger partial charge < -0.3 is 10.4 Å². The standard InChI is InChI=1S/C13H18BrNO2/c1-9-5-4-6-10(11(9)16)12(17)15-8-13(2,3)7-14/h4-6,16H,7-8H2,1-3H3,(H,15,17). The van der Waals surface area contributed by atoms with Gasteiger partial charge in [0.15, 0.2) is 0 Å².